The summed E-state index contributed by atoms with van der Waals surface area (Å²) < 4.78 is 1.53. The van der Waals surface area contributed by atoms with Gasteiger partial charge in [-0.1, -0.05) is 61.0 Å². The van der Waals surface area contributed by atoms with E-state index in [1.165, 1.54) is 29.5 Å². The molecule has 1 aliphatic rings. The lowest BCUT2D eigenvalue weighted by molar-refractivity contribution is 0.420. The van der Waals surface area contributed by atoms with Gasteiger partial charge in [-0.3, -0.25) is 4.79 Å². The lowest BCUT2D eigenvalue weighted by Gasteiger charge is -2.25. The first-order valence-electron chi connectivity index (χ1n) is 8.52. The molecule has 1 aromatic heterocycles. The van der Waals surface area contributed by atoms with Gasteiger partial charge in [-0.15, -0.1) is 0 Å². The van der Waals surface area contributed by atoms with Crippen LogP contribution < -0.4 is 5.56 Å². The van der Waals surface area contributed by atoms with Gasteiger partial charge in [-0.05, 0) is 36.0 Å². The van der Waals surface area contributed by atoms with E-state index in [-0.39, 0.29) is 5.56 Å². The molecular weight excluding hydrogens is 296 g/mol. The normalized spacial score (nSPS) is 14.3. The largest absolute Gasteiger partial charge is 0.268 e. The molecule has 0 amide bonds. The Balaban J connectivity index is 1.61. The van der Waals surface area contributed by atoms with Crippen molar-refractivity contribution in [1.29, 1.82) is 0 Å². The van der Waals surface area contributed by atoms with Crippen LogP contribution in [0.25, 0.3) is 11.3 Å². The predicted molar refractivity (Wildman–Crippen MR) is 96.1 cm³/mol. The van der Waals surface area contributed by atoms with Gasteiger partial charge < -0.3 is 0 Å². The third-order valence-corrected chi connectivity index (χ3v) is 4.82. The quantitative estimate of drug-likeness (QED) is 0.722. The smallest absolute Gasteiger partial charge is 0.267 e. The molecule has 1 saturated carbocycles. The van der Waals surface area contributed by atoms with Gasteiger partial charge in [0.1, 0.15) is 0 Å². The molecule has 0 spiro atoms. The van der Waals surface area contributed by atoms with Crippen molar-refractivity contribution in [2.24, 2.45) is 0 Å². The van der Waals surface area contributed by atoms with E-state index in [0.29, 0.717) is 6.54 Å². The van der Waals surface area contributed by atoms with Crippen LogP contribution in [0.15, 0.2) is 71.5 Å². The van der Waals surface area contributed by atoms with E-state index >= 15 is 0 Å². The van der Waals surface area contributed by atoms with Crippen LogP contribution in [-0.4, -0.2) is 9.78 Å². The van der Waals surface area contributed by atoms with Crippen molar-refractivity contribution in [3.8, 4) is 11.3 Å². The fourth-order valence-electron chi connectivity index (χ4n) is 3.14. The molecule has 3 heteroatoms. The number of nitrogens with zero attached hydrogens (tertiary/aromatic N) is 2. The van der Waals surface area contributed by atoms with Crippen molar-refractivity contribution < 1.29 is 0 Å². The Morgan fingerprint density at radius 1 is 0.917 bits per heavy atom. The lowest BCUT2D eigenvalue weighted by Crippen LogP contribution is -2.22. The highest BCUT2D eigenvalue weighted by molar-refractivity contribution is 5.58. The molecule has 2 aromatic carbocycles. The Morgan fingerprint density at radius 2 is 1.67 bits per heavy atom. The van der Waals surface area contributed by atoms with Gasteiger partial charge in [0.15, 0.2) is 0 Å². The first-order chi connectivity index (χ1) is 11.8. The molecule has 0 atom stereocenters. The van der Waals surface area contributed by atoms with Crippen LogP contribution in [0, 0.1) is 0 Å². The monoisotopic (exact) mass is 316 g/mol. The van der Waals surface area contributed by atoms with E-state index in [9.17, 15) is 4.79 Å². The minimum atomic E-state index is -0.0753. The van der Waals surface area contributed by atoms with Gasteiger partial charge in [-0.2, -0.15) is 5.10 Å². The van der Waals surface area contributed by atoms with Crippen molar-refractivity contribution in [2.45, 2.75) is 31.7 Å². The van der Waals surface area contributed by atoms with Gasteiger partial charge in [0.2, 0.25) is 0 Å². The Morgan fingerprint density at radius 3 is 2.33 bits per heavy atom. The zero-order valence-electron chi connectivity index (χ0n) is 13.6. The fourth-order valence-corrected chi connectivity index (χ4v) is 3.14. The molecule has 24 heavy (non-hydrogen) atoms. The van der Waals surface area contributed by atoms with Crippen molar-refractivity contribution in [3.63, 3.8) is 0 Å². The molecule has 1 heterocycles. The minimum Gasteiger partial charge on any atom is -0.268 e. The first kappa shape index (κ1) is 14.9. The summed E-state index contributed by atoms with van der Waals surface area (Å²) >= 11 is 0. The molecule has 3 nitrogen and oxygen atoms in total. The molecule has 0 N–H and O–H groups in total. The average molecular weight is 316 g/mol. The van der Waals surface area contributed by atoms with Gasteiger partial charge in [0.05, 0.1) is 12.2 Å². The second-order valence-corrected chi connectivity index (χ2v) is 6.45. The summed E-state index contributed by atoms with van der Waals surface area (Å²) in [6.07, 6.45) is 3.96. The molecule has 0 saturated heterocycles. The Kier molecular flexibility index (Phi) is 3.99. The first-order valence-corrected chi connectivity index (χ1v) is 8.52. The SMILES string of the molecule is O=c1ccc(-c2ccc(C3CCC3)cc2)nn1Cc1ccccc1. The van der Waals surface area contributed by atoms with Crippen molar-refractivity contribution >= 4 is 0 Å². The number of rotatable bonds is 4. The maximum atomic E-state index is 12.1. The van der Waals surface area contributed by atoms with E-state index in [0.717, 1.165) is 22.7 Å². The van der Waals surface area contributed by atoms with Gasteiger partial charge in [-0.25, -0.2) is 4.68 Å². The number of benzene rings is 2. The van der Waals surface area contributed by atoms with Crippen LogP contribution in [0.1, 0.15) is 36.3 Å². The minimum absolute atomic E-state index is 0.0753. The van der Waals surface area contributed by atoms with Crippen LogP contribution >= 0.6 is 0 Å². The standard InChI is InChI=1S/C21H20N2O/c24-21-14-13-20(22-23(21)15-16-5-2-1-3-6-16)19-11-9-18(10-12-19)17-7-4-8-17/h1-3,5-6,9-14,17H,4,7-8,15H2. The highest BCUT2D eigenvalue weighted by atomic mass is 16.1. The molecule has 0 bridgehead atoms. The molecule has 0 aliphatic heterocycles. The highest BCUT2D eigenvalue weighted by Crippen LogP contribution is 2.36. The van der Waals surface area contributed by atoms with Gasteiger partial charge in [0, 0.05) is 11.6 Å². The molecule has 120 valence electrons. The van der Waals surface area contributed by atoms with Gasteiger partial charge >= 0.3 is 0 Å². The van der Waals surface area contributed by atoms with Crippen molar-refractivity contribution in [1.82, 2.24) is 9.78 Å². The molecule has 1 fully saturated rings. The zero-order chi connectivity index (χ0) is 16.4. The maximum absolute atomic E-state index is 12.1. The zero-order valence-corrected chi connectivity index (χ0v) is 13.6. The Bertz CT molecular complexity index is 878. The third-order valence-electron chi connectivity index (χ3n) is 4.82. The van der Waals surface area contributed by atoms with Crippen molar-refractivity contribution in [3.05, 3.63) is 88.2 Å². The summed E-state index contributed by atoms with van der Waals surface area (Å²) in [4.78, 5) is 12.1. The average Bonchev–Trinajstić information content (AvgIpc) is 2.57. The number of hydrogen-bond acceptors (Lipinski definition) is 2. The van der Waals surface area contributed by atoms with Crippen LogP contribution in [0.2, 0.25) is 0 Å². The lowest BCUT2D eigenvalue weighted by atomic mass is 9.80. The summed E-state index contributed by atoms with van der Waals surface area (Å²) in [5, 5.41) is 4.55. The molecule has 0 unspecified atom stereocenters. The van der Waals surface area contributed by atoms with E-state index < -0.39 is 0 Å². The second kappa shape index (κ2) is 6.44. The van der Waals surface area contributed by atoms with Crippen LogP contribution in [0.4, 0.5) is 0 Å². The number of hydrogen-bond donors (Lipinski definition) is 0. The summed E-state index contributed by atoms with van der Waals surface area (Å²) in [6, 6.07) is 22.0. The van der Waals surface area contributed by atoms with E-state index in [1.807, 2.05) is 36.4 Å². The summed E-state index contributed by atoms with van der Waals surface area (Å²) in [6.45, 7) is 0.494. The molecular formula is C21H20N2O. The highest BCUT2D eigenvalue weighted by Gasteiger charge is 2.19. The summed E-state index contributed by atoms with van der Waals surface area (Å²) in [5.74, 6) is 0.735. The molecule has 0 radical (unpaired) electrons. The predicted octanol–water partition coefficient (Wildman–Crippen LogP) is 4.23. The topological polar surface area (TPSA) is 34.9 Å². The van der Waals surface area contributed by atoms with Crippen LogP contribution in [-0.2, 0) is 6.54 Å². The summed E-state index contributed by atoms with van der Waals surface area (Å²) in [5.41, 5.74) is 4.31. The fraction of sp³-hybridized carbons (Fsp3) is 0.238. The Hall–Kier alpha value is -2.68. The summed E-state index contributed by atoms with van der Waals surface area (Å²) in [7, 11) is 0. The van der Waals surface area contributed by atoms with E-state index in [2.05, 4.69) is 29.4 Å². The Labute approximate surface area is 141 Å². The maximum Gasteiger partial charge on any atom is 0.267 e. The molecule has 4 rings (SSSR count). The second-order valence-electron chi connectivity index (χ2n) is 6.45. The van der Waals surface area contributed by atoms with Crippen LogP contribution in [0.5, 0.6) is 0 Å². The number of aromatic nitrogens is 2. The molecule has 3 aromatic rings. The third kappa shape index (κ3) is 3.02. The van der Waals surface area contributed by atoms with E-state index in [4.69, 9.17) is 0 Å². The van der Waals surface area contributed by atoms with Gasteiger partial charge in [0.25, 0.3) is 5.56 Å². The van der Waals surface area contributed by atoms with Crippen LogP contribution in [0.3, 0.4) is 0 Å². The van der Waals surface area contributed by atoms with Crippen molar-refractivity contribution in [2.75, 3.05) is 0 Å². The van der Waals surface area contributed by atoms with E-state index in [1.54, 1.807) is 6.07 Å². The molecule has 1 aliphatic carbocycles.